The number of fused-ring (bicyclic) bond motifs is 1. The van der Waals surface area contributed by atoms with E-state index in [1.165, 1.54) is 10.9 Å². The highest BCUT2D eigenvalue weighted by Gasteiger charge is 2.17. The number of methoxy groups -OCH3 is 1. The topological polar surface area (TPSA) is 48.6 Å². The number of hydrogen-bond donors (Lipinski definition) is 1. The van der Waals surface area contributed by atoms with Gasteiger partial charge in [0.1, 0.15) is 12.0 Å². The molecule has 1 saturated heterocycles. The first-order chi connectivity index (χ1) is 10.8. The van der Waals surface area contributed by atoms with Crippen molar-refractivity contribution in [2.24, 2.45) is 0 Å². The van der Waals surface area contributed by atoms with Crippen LogP contribution in [0.5, 0.6) is 5.75 Å². The second-order valence-corrected chi connectivity index (χ2v) is 5.76. The van der Waals surface area contributed by atoms with Crippen LogP contribution in [0.25, 0.3) is 10.9 Å². The fourth-order valence-electron chi connectivity index (χ4n) is 3.17. The molecule has 0 aliphatic carbocycles. The van der Waals surface area contributed by atoms with Gasteiger partial charge in [0.25, 0.3) is 0 Å². The van der Waals surface area contributed by atoms with Crippen molar-refractivity contribution in [3.63, 3.8) is 0 Å². The van der Waals surface area contributed by atoms with Crippen molar-refractivity contribution in [2.45, 2.75) is 6.42 Å². The van der Waals surface area contributed by atoms with Crippen LogP contribution in [-0.2, 0) is 11.2 Å². The van der Waals surface area contributed by atoms with Gasteiger partial charge in [-0.25, -0.2) is 0 Å². The Kier molecular flexibility index (Phi) is 4.75. The summed E-state index contributed by atoms with van der Waals surface area (Å²) in [6.45, 7) is 5.64. The van der Waals surface area contributed by atoms with Gasteiger partial charge >= 0.3 is 0 Å². The Morgan fingerprint density at radius 1 is 1.23 bits per heavy atom. The summed E-state index contributed by atoms with van der Waals surface area (Å²) < 4.78 is 5.49. The minimum absolute atomic E-state index is 0.563. The third-order valence-corrected chi connectivity index (χ3v) is 4.46. The number of carbonyl (C=O) groups is 1. The molecule has 1 aliphatic heterocycles. The van der Waals surface area contributed by atoms with Crippen molar-refractivity contribution in [3.05, 3.63) is 30.0 Å². The number of ether oxygens (including phenoxy) is 1. The van der Waals surface area contributed by atoms with E-state index in [1.807, 2.05) is 12.1 Å². The summed E-state index contributed by atoms with van der Waals surface area (Å²) in [5.41, 5.74) is 2.44. The molecule has 1 N–H and O–H groups in total. The van der Waals surface area contributed by atoms with Gasteiger partial charge in [-0.2, -0.15) is 0 Å². The largest absolute Gasteiger partial charge is 0.496 e. The molecule has 5 nitrogen and oxygen atoms in total. The number of carbonyl (C=O) groups excluding carboxylic acids is 1. The highest BCUT2D eigenvalue weighted by atomic mass is 16.5. The van der Waals surface area contributed by atoms with Crippen LogP contribution in [0.4, 0.5) is 0 Å². The molecule has 0 atom stereocenters. The maximum absolute atomic E-state index is 10.6. The second-order valence-electron chi connectivity index (χ2n) is 5.76. The Labute approximate surface area is 130 Å². The fraction of sp³-hybridized carbons (Fsp3) is 0.471. The van der Waals surface area contributed by atoms with Crippen LogP contribution in [0.2, 0.25) is 0 Å². The number of benzene rings is 1. The summed E-state index contributed by atoms with van der Waals surface area (Å²) in [6, 6.07) is 6.10. The van der Waals surface area contributed by atoms with Gasteiger partial charge in [-0.15, -0.1) is 0 Å². The van der Waals surface area contributed by atoms with Crippen LogP contribution >= 0.6 is 0 Å². The lowest BCUT2D eigenvalue weighted by molar-refractivity contribution is -0.109. The van der Waals surface area contributed by atoms with Crippen LogP contribution in [-0.4, -0.2) is 67.4 Å². The van der Waals surface area contributed by atoms with E-state index in [2.05, 4.69) is 27.0 Å². The van der Waals surface area contributed by atoms with Gasteiger partial charge in [-0.1, -0.05) is 6.07 Å². The molecule has 5 heteroatoms. The van der Waals surface area contributed by atoms with Gasteiger partial charge < -0.3 is 19.4 Å². The lowest BCUT2D eigenvalue weighted by Gasteiger charge is -2.33. The molecule has 1 aromatic carbocycles. The van der Waals surface area contributed by atoms with E-state index >= 15 is 0 Å². The molecule has 0 amide bonds. The number of rotatable bonds is 6. The number of hydrogen-bond acceptors (Lipinski definition) is 4. The normalized spacial score (nSPS) is 17.0. The van der Waals surface area contributed by atoms with E-state index in [4.69, 9.17) is 4.74 Å². The van der Waals surface area contributed by atoms with Crippen LogP contribution in [0, 0.1) is 0 Å². The molecule has 0 spiro atoms. The molecule has 0 radical (unpaired) electrons. The summed E-state index contributed by atoms with van der Waals surface area (Å²) in [5, 5.41) is 1.20. The van der Waals surface area contributed by atoms with E-state index in [0.29, 0.717) is 6.54 Å². The third-order valence-electron chi connectivity index (χ3n) is 4.46. The summed E-state index contributed by atoms with van der Waals surface area (Å²) in [4.78, 5) is 18.6. The van der Waals surface area contributed by atoms with Gasteiger partial charge in [-0.3, -0.25) is 4.90 Å². The lowest BCUT2D eigenvalue weighted by atomic mass is 10.1. The summed E-state index contributed by atoms with van der Waals surface area (Å²) >= 11 is 0. The number of H-pyrrole nitrogens is 1. The van der Waals surface area contributed by atoms with Crippen LogP contribution < -0.4 is 4.74 Å². The van der Waals surface area contributed by atoms with Crippen molar-refractivity contribution in [1.29, 1.82) is 0 Å². The predicted molar refractivity (Wildman–Crippen MR) is 87.5 cm³/mol. The van der Waals surface area contributed by atoms with Crippen LogP contribution in [0.15, 0.2) is 24.4 Å². The molecule has 0 saturated carbocycles. The fourth-order valence-corrected chi connectivity index (χ4v) is 3.17. The number of aromatic amines is 1. The summed E-state index contributed by atoms with van der Waals surface area (Å²) in [5.74, 6) is 0.935. The van der Waals surface area contributed by atoms with E-state index in [-0.39, 0.29) is 0 Å². The maximum atomic E-state index is 10.6. The molecule has 118 valence electrons. The van der Waals surface area contributed by atoms with Gasteiger partial charge in [-0.05, 0) is 24.1 Å². The minimum atomic E-state index is 0.563. The van der Waals surface area contributed by atoms with E-state index < -0.39 is 0 Å². The first kappa shape index (κ1) is 15.1. The van der Waals surface area contributed by atoms with Gasteiger partial charge in [0, 0.05) is 49.8 Å². The SMILES string of the molecule is COc1cccc2[nH]cc(CCN3CCN(CC=O)CC3)c12. The highest BCUT2D eigenvalue weighted by Crippen LogP contribution is 2.28. The first-order valence-corrected chi connectivity index (χ1v) is 7.83. The quantitative estimate of drug-likeness (QED) is 0.822. The average Bonchev–Trinajstić information content (AvgIpc) is 2.98. The first-order valence-electron chi connectivity index (χ1n) is 7.83. The summed E-state index contributed by atoms with van der Waals surface area (Å²) in [7, 11) is 1.72. The van der Waals surface area contributed by atoms with Crippen molar-refractivity contribution >= 4 is 17.2 Å². The Bertz CT molecular complexity index is 630. The molecular weight excluding hydrogens is 278 g/mol. The zero-order valence-corrected chi connectivity index (χ0v) is 13.0. The average molecular weight is 301 g/mol. The number of aldehydes is 1. The van der Waals surface area contributed by atoms with Crippen molar-refractivity contribution in [2.75, 3.05) is 46.4 Å². The lowest BCUT2D eigenvalue weighted by Crippen LogP contribution is -2.47. The van der Waals surface area contributed by atoms with E-state index in [1.54, 1.807) is 7.11 Å². The maximum Gasteiger partial charge on any atom is 0.133 e. The number of aromatic nitrogens is 1. The molecule has 22 heavy (non-hydrogen) atoms. The van der Waals surface area contributed by atoms with Gasteiger partial charge in [0.05, 0.1) is 13.7 Å². The summed E-state index contributed by atoms with van der Waals surface area (Å²) in [6.07, 6.45) is 4.09. The van der Waals surface area contributed by atoms with Crippen molar-refractivity contribution in [1.82, 2.24) is 14.8 Å². The van der Waals surface area contributed by atoms with Gasteiger partial charge in [0.15, 0.2) is 0 Å². The smallest absolute Gasteiger partial charge is 0.133 e. The number of piperazine rings is 1. The van der Waals surface area contributed by atoms with Gasteiger partial charge in [0.2, 0.25) is 0 Å². The van der Waals surface area contributed by atoms with Crippen molar-refractivity contribution in [3.8, 4) is 5.75 Å². The molecule has 1 aromatic heterocycles. The molecule has 1 aliphatic rings. The van der Waals surface area contributed by atoms with E-state index in [9.17, 15) is 4.79 Å². The zero-order valence-electron chi connectivity index (χ0n) is 13.0. The zero-order chi connectivity index (χ0) is 15.4. The Morgan fingerprint density at radius 3 is 2.73 bits per heavy atom. The van der Waals surface area contributed by atoms with E-state index in [0.717, 1.165) is 56.7 Å². The van der Waals surface area contributed by atoms with Crippen LogP contribution in [0.1, 0.15) is 5.56 Å². The molecule has 0 bridgehead atoms. The molecule has 3 rings (SSSR count). The third kappa shape index (κ3) is 3.15. The predicted octanol–water partition coefficient (Wildman–Crippen LogP) is 1.54. The van der Waals surface area contributed by atoms with Crippen LogP contribution in [0.3, 0.4) is 0 Å². The monoisotopic (exact) mass is 301 g/mol. The standard InChI is InChI=1S/C17H23N3O2/c1-22-16-4-2-3-15-17(16)14(13-18-15)5-6-19-7-9-20(10-8-19)11-12-21/h2-4,12-13,18H,5-11H2,1H3. The Hall–Kier alpha value is -1.85. The molecular formula is C17H23N3O2. The highest BCUT2D eigenvalue weighted by molar-refractivity contribution is 5.89. The Balaban J connectivity index is 1.62. The number of nitrogens with one attached hydrogen (secondary N) is 1. The second kappa shape index (κ2) is 6.94. The molecule has 2 heterocycles. The van der Waals surface area contributed by atoms with Crippen molar-refractivity contribution < 1.29 is 9.53 Å². The molecule has 2 aromatic rings. The number of nitrogens with zero attached hydrogens (tertiary/aromatic N) is 2. The Morgan fingerprint density at radius 2 is 2.00 bits per heavy atom. The molecule has 1 fully saturated rings. The molecule has 0 unspecified atom stereocenters. The minimum Gasteiger partial charge on any atom is -0.496 e.